The van der Waals surface area contributed by atoms with Gasteiger partial charge in [-0.3, -0.25) is 9.79 Å². The van der Waals surface area contributed by atoms with Gasteiger partial charge in [-0.25, -0.2) is 4.79 Å². The van der Waals surface area contributed by atoms with Gasteiger partial charge in [-0.05, 0) is 43.0 Å². The number of aliphatic imine (C=N–C) groups is 1. The Kier molecular flexibility index (Phi) is 5.54. The van der Waals surface area contributed by atoms with Crippen LogP contribution in [0.2, 0.25) is 0 Å². The van der Waals surface area contributed by atoms with Crippen LogP contribution >= 0.6 is 0 Å². The summed E-state index contributed by atoms with van der Waals surface area (Å²) in [5, 5.41) is 8.27. The summed E-state index contributed by atoms with van der Waals surface area (Å²) in [6.45, 7) is 6.14. The number of para-hydroxylation sites is 1. The SMILES string of the molecule is Cc1cccc(NC(=O)NC2N=C(CC(C)C)c3ccccc3NC2=O)c1. The van der Waals surface area contributed by atoms with Crippen molar-refractivity contribution in [3.05, 3.63) is 59.7 Å². The number of rotatable bonds is 4. The predicted molar refractivity (Wildman–Crippen MR) is 108 cm³/mol. The van der Waals surface area contributed by atoms with Crippen LogP contribution in [-0.4, -0.2) is 23.8 Å². The Morgan fingerprint density at radius 3 is 2.70 bits per heavy atom. The van der Waals surface area contributed by atoms with Crippen LogP contribution in [0.15, 0.2) is 53.5 Å². The minimum atomic E-state index is -0.990. The summed E-state index contributed by atoms with van der Waals surface area (Å²) in [7, 11) is 0. The van der Waals surface area contributed by atoms with Gasteiger partial charge >= 0.3 is 6.03 Å². The lowest BCUT2D eigenvalue weighted by Gasteiger charge is -2.14. The van der Waals surface area contributed by atoms with Crippen LogP contribution in [0.25, 0.3) is 0 Å². The molecular weight excluding hydrogens is 340 g/mol. The van der Waals surface area contributed by atoms with E-state index in [1.807, 2.05) is 49.4 Å². The number of carbonyl (C=O) groups is 2. The highest BCUT2D eigenvalue weighted by atomic mass is 16.2. The van der Waals surface area contributed by atoms with Crippen LogP contribution in [-0.2, 0) is 4.79 Å². The summed E-state index contributed by atoms with van der Waals surface area (Å²) in [4.78, 5) is 29.5. The summed E-state index contributed by atoms with van der Waals surface area (Å²) >= 11 is 0. The quantitative estimate of drug-likeness (QED) is 0.768. The molecule has 0 aliphatic carbocycles. The van der Waals surface area contributed by atoms with E-state index in [-0.39, 0.29) is 5.91 Å². The lowest BCUT2D eigenvalue weighted by atomic mass is 9.99. The fourth-order valence-corrected chi connectivity index (χ4v) is 2.99. The first-order valence-corrected chi connectivity index (χ1v) is 9.03. The first kappa shape index (κ1) is 18.6. The molecule has 3 rings (SSSR count). The zero-order valence-electron chi connectivity index (χ0n) is 15.7. The number of benzene rings is 2. The smallest absolute Gasteiger partial charge is 0.321 e. The van der Waals surface area contributed by atoms with E-state index in [9.17, 15) is 9.59 Å². The van der Waals surface area contributed by atoms with E-state index in [4.69, 9.17) is 0 Å². The number of hydrogen-bond acceptors (Lipinski definition) is 3. The molecule has 2 aromatic carbocycles. The Bertz CT molecular complexity index is 889. The minimum absolute atomic E-state index is 0.361. The molecule has 0 saturated heterocycles. The van der Waals surface area contributed by atoms with E-state index >= 15 is 0 Å². The highest BCUT2D eigenvalue weighted by molar-refractivity contribution is 6.12. The van der Waals surface area contributed by atoms with Crippen LogP contribution < -0.4 is 16.0 Å². The summed E-state index contributed by atoms with van der Waals surface area (Å²) in [6.07, 6.45) is -0.278. The molecule has 3 N–H and O–H groups in total. The number of hydrogen-bond donors (Lipinski definition) is 3. The predicted octanol–water partition coefficient (Wildman–Crippen LogP) is 3.93. The fourth-order valence-electron chi connectivity index (χ4n) is 2.99. The van der Waals surface area contributed by atoms with Crippen molar-refractivity contribution in [1.82, 2.24) is 5.32 Å². The molecule has 0 bridgehead atoms. The molecule has 0 spiro atoms. The van der Waals surface area contributed by atoms with Crippen molar-refractivity contribution >= 4 is 29.0 Å². The first-order valence-electron chi connectivity index (χ1n) is 9.03. The molecule has 6 heteroatoms. The van der Waals surface area contributed by atoms with Crippen molar-refractivity contribution < 1.29 is 9.59 Å². The molecule has 27 heavy (non-hydrogen) atoms. The summed E-state index contributed by atoms with van der Waals surface area (Å²) < 4.78 is 0. The second kappa shape index (κ2) is 8.03. The third-order valence-corrected chi connectivity index (χ3v) is 4.17. The molecule has 1 aliphatic heterocycles. The highest BCUT2D eigenvalue weighted by Gasteiger charge is 2.26. The summed E-state index contributed by atoms with van der Waals surface area (Å²) in [5.74, 6) is 0.00683. The molecule has 6 nitrogen and oxygen atoms in total. The molecule has 1 aliphatic rings. The number of nitrogens with one attached hydrogen (secondary N) is 3. The van der Waals surface area contributed by atoms with Crippen molar-refractivity contribution in [2.24, 2.45) is 10.9 Å². The maximum atomic E-state index is 12.6. The van der Waals surface area contributed by atoms with Gasteiger partial charge in [0.1, 0.15) is 0 Å². The van der Waals surface area contributed by atoms with E-state index in [1.165, 1.54) is 0 Å². The van der Waals surface area contributed by atoms with E-state index in [0.717, 1.165) is 16.8 Å². The summed E-state index contributed by atoms with van der Waals surface area (Å²) in [6, 6.07) is 14.5. The van der Waals surface area contributed by atoms with Crippen LogP contribution in [0, 0.1) is 12.8 Å². The van der Waals surface area contributed by atoms with Gasteiger partial charge < -0.3 is 16.0 Å². The number of urea groups is 1. The molecule has 0 fully saturated rings. The Hall–Kier alpha value is -3.15. The topological polar surface area (TPSA) is 82.6 Å². The van der Waals surface area contributed by atoms with Crippen molar-refractivity contribution in [2.75, 3.05) is 10.6 Å². The molecular formula is C21H24N4O2. The second-order valence-corrected chi connectivity index (χ2v) is 7.08. The number of anilines is 2. The summed E-state index contributed by atoms with van der Waals surface area (Å²) in [5.41, 5.74) is 4.11. The third-order valence-electron chi connectivity index (χ3n) is 4.17. The van der Waals surface area contributed by atoms with E-state index in [1.54, 1.807) is 6.07 Å². The molecule has 0 saturated carbocycles. The minimum Gasteiger partial charge on any atom is -0.322 e. The Morgan fingerprint density at radius 1 is 1.19 bits per heavy atom. The normalized spacial score (nSPS) is 16.1. The molecule has 1 atom stereocenters. The first-order chi connectivity index (χ1) is 12.9. The van der Waals surface area contributed by atoms with Crippen LogP contribution in [0.5, 0.6) is 0 Å². The zero-order chi connectivity index (χ0) is 19.4. The van der Waals surface area contributed by atoms with Gasteiger partial charge in [0.25, 0.3) is 5.91 Å². The molecule has 3 amide bonds. The van der Waals surface area contributed by atoms with E-state index in [0.29, 0.717) is 23.7 Å². The molecule has 1 unspecified atom stereocenters. The van der Waals surface area contributed by atoms with Crippen molar-refractivity contribution in [3.63, 3.8) is 0 Å². The van der Waals surface area contributed by atoms with Gasteiger partial charge in [0, 0.05) is 22.6 Å². The van der Waals surface area contributed by atoms with Crippen molar-refractivity contribution in [2.45, 2.75) is 33.4 Å². The fraction of sp³-hybridized carbons (Fsp3) is 0.286. The lowest BCUT2D eigenvalue weighted by molar-refractivity contribution is -0.117. The van der Waals surface area contributed by atoms with Gasteiger partial charge in [0.2, 0.25) is 6.17 Å². The molecule has 0 radical (unpaired) electrons. The second-order valence-electron chi connectivity index (χ2n) is 7.08. The van der Waals surface area contributed by atoms with Gasteiger partial charge in [-0.1, -0.05) is 44.2 Å². The van der Waals surface area contributed by atoms with Gasteiger partial charge in [-0.2, -0.15) is 0 Å². The average Bonchev–Trinajstić information content (AvgIpc) is 2.72. The molecule has 1 heterocycles. The maximum absolute atomic E-state index is 12.6. The van der Waals surface area contributed by atoms with Crippen LogP contribution in [0.3, 0.4) is 0 Å². The molecule has 0 aromatic heterocycles. The largest absolute Gasteiger partial charge is 0.322 e. The molecule has 2 aromatic rings. The van der Waals surface area contributed by atoms with Crippen LogP contribution in [0.1, 0.15) is 31.4 Å². The molecule has 140 valence electrons. The Labute approximate surface area is 159 Å². The van der Waals surface area contributed by atoms with Crippen molar-refractivity contribution in [1.29, 1.82) is 0 Å². The van der Waals surface area contributed by atoms with E-state index in [2.05, 4.69) is 34.8 Å². The number of aryl methyl sites for hydroxylation is 1. The highest BCUT2D eigenvalue weighted by Crippen LogP contribution is 2.23. The van der Waals surface area contributed by atoms with Crippen molar-refractivity contribution in [3.8, 4) is 0 Å². The lowest BCUT2D eigenvalue weighted by Crippen LogP contribution is -2.44. The monoisotopic (exact) mass is 364 g/mol. The maximum Gasteiger partial charge on any atom is 0.321 e. The number of fused-ring (bicyclic) bond motifs is 1. The Balaban J connectivity index is 1.82. The van der Waals surface area contributed by atoms with Crippen LogP contribution in [0.4, 0.5) is 16.2 Å². The van der Waals surface area contributed by atoms with Gasteiger partial charge in [0.05, 0.1) is 0 Å². The standard InChI is InChI=1S/C21H24N4O2/c1-13(2)11-18-16-9-4-5-10-17(16)24-20(26)19(23-18)25-21(27)22-15-8-6-7-14(3)12-15/h4-10,12-13,19H,11H2,1-3H3,(H,24,26)(H2,22,25,27). The third kappa shape index (κ3) is 4.73. The van der Waals surface area contributed by atoms with Gasteiger partial charge in [-0.15, -0.1) is 0 Å². The Morgan fingerprint density at radius 2 is 1.96 bits per heavy atom. The number of carbonyl (C=O) groups excluding carboxylic acids is 2. The van der Waals surface area contributed by atoms with Gasteiger partial charge in [0.15, 0.2) is 0 Å². The average molecular weight is 364 g/mol. The zero-order valence-corrected chi connectivity index (χ0v) is 15.7. The number of amides is 3. The van der Waals surface area contributed by atoms with E-state index < -0.39 is 12.2 Å². The number of nitrogens with zero attached hydrogens (tertiary/aromatic N) is 1. The number of benzodiazepines with no additional fused rings is 1.